The highest BCUT2D eigenvalue weighted by molar-refractivity contribution is 5.67. The van der Waals surface area contributed by atoms with Crippen LogP contribution in [-0.2, 0) is 9.53 Å². The first-order valence-electron chi connectivity index (χ1n) is 4.08. The Balaban J connectivity index is 2.49. The highest BCUT2D eigenvalue weighted by atomic mass is 16.5. The van der Waals surface area contributed by atoms with Crippen molar-refractivity contribution in [1.82, 2.24) is 0 Å². The molecule has 0 radical (unpaired) electrons. The molecule has 3 N–H and O–H groups in total. The summed E-state index contributed by atoms with van der Waals surface area (Å²) in [5.41, 5.74) is 5.49. The molecule has 70 valence electrons. The molecule has 1 aliphatic heterocycles. The van der Waals surface area contributed by atoms with E-state index in [0.717, 1.165) is 0 Å². The summed E-state index contributed by atoms with van der Waals surface area (Å²) >= 11 is 0. The van der Waals surface area contributed by atoms with Gasteiger partial charge >= 0.3 is 5.97 Å². The monoisotopic (exact) mass is 173 g/mol. The Morgan fingerprint density at radius 1 is 1.75 bits per heavy atom. The Bertz CT molecular complexity index is 177. The van der Waals surface area contributed by atoms with Gasteiger partial charge in [-0.05, 0) is 12.5 Å². The Morgan fingerprint density at radius 3 is 2.58 bits per heavy atom. The predicted octanol–water partition coefficient (Wildman–Crippen LogP) is 0.0725. The lowest BCUT2D eigenvalue weighted by molar-refractivity contribution is -0.152. The summed E-state index contributed by atoms with van der Waals surface area (Å²) < 4.78 is 5.05. The Kier molecular flexibility index (Phi) is 2.69. The van der Waals surface area contributed by atoms with Crippen LogP contribution in [0.3, 0.4) is 0 Å². The van der Waals surface area contributed by atoms with Gasteiger partial charge in [0.15, 0.2) is 0 Å². The largest absolute Gasteiger partial charge is 0.481 e. The van der Waals surface area contributed by atoms with Gasteiger partial charge in [-0.1, -0.05) is 6.92 Å². The maximum Gasteiger partial charge on any atom is 0.303 e. The zero-order valence-corrected chi connectivity index (χ0v) is 7.25. The van der Waals surface area contributed by atoms with Crippen molar-refractivity contribution in [1.29, 1.82) is 0 Å². The number of nitrogens with two attached hydrogens (primary N) is 1. The fourth-order valence-electron chi connectivity index (χ4n) is 1.48. The molecule has 0 amide bonds. The molecule has 1 heterocycles. The van der Waals surface area contributed by atoms with Crippen LogP contribution in [0.15, 0.2) is 0 Å². The molecule has 1 saturated heterocycles. The second-order valence-corrected chi connectivity index (χ2v) is 3.68. The van der Waals surface area contributed by atoms with E-state index in [1.165, 1.54) is 0 Å². The number of hydrogen-bond donors (Lipinski definition) is 2. The third-order valence-electron chi connectivity index (χ3n) is 2.55. The van der Waals surface area contributed by atoms with E-state index < -0.39 is 5.97 Å². The van der Waals surface area contributed by atoms with Gasteiger partial charge in [-0.15, -0.1) is 0 Å². The molecule has 0 aromatic rings. The molecule has 1 atom stereocenters. The van der Waals surface area contributed by atoms with Crippen LogP contribution in [0.4, 0.5) is 0 Å². The molecule has 0 aliphatic carbocycles. The molecule has 1 rings (SSSR count). The minimum atomic E-state index is -0.779. The Hall–Kier alpha value is -0.610. The van der Waals surface area contributed by atoms with Crippen molar-refractivity contribution >= 4 is 5.97 Å². The third-order valence-corrected chi connectivity index (χ3v) is 2.55. The number of ether oxygens (including phenoxy) is 1. The summed E-state index contributed by atoms with van der Waals surface area (Å²) in [5, 5.41) is 8.60. The molecular formula is C8H15NO3. The van der Waals surface area contributed by atoms with Crippen LogP contribution in [0.5, 0.6) is 0 Å². The van der Waals surface area contributed by atoms with Gasteiger partial charge in [-0.25, -0.2) is 0 Å². The third kappa shape index (κ3) is 1.76. The summed E-state index contributed by atoms with van der Waals surface area (Å²) in [5.74, 6) is -0.734. The second-order valence-electron chi connectivity index (χ2n) is 3.68. The smallest absolute Gasteiger partial charge is 0.303 e. The summed E-state index contributed by atoms with van der Waals surface area (Å²) in [7, 11) is 0. The molecule has 0 aromatic heterocycles. The number of aliphatic carboxylic acids is 1. The zero-order chi connectivity index (χ0) is 9.19. The van der Waals surface area contributed by atoms with Gasteiger partial charge < -0.3 is 15.6 Å². The first kappa shape index (κ1) is 9.48. The maximum atomic E-state index is 10.5. The summed E-state index contributed by atoms with van der Waals surface area (Å²) in [6.45, 7) is 3.73. The molecule has 0 aromatic carbocycles. The molecular weight excluding hydrogens is 158 g/mol. The van der Waals surface area contributed by atoms with Crippen LogP contribution < -0.4 is 5.73 Å². The lowest BCUT2D eigenvalue weighted by atomic mass is 9.74. The average molecular weight is 173 g/mol. The van der Waals surface area contributed by atoms with Gasteiger partial charge in [0.05, 0.1) is 19.6 Å². The van der Waals surface area contributed by atoms with Crippen LogP contribution >= 0.6 is 0 Å². The second kappa shape index (κ2) is 3.41. The van der Waals surface area contributed by atoms with E-state index >= 15 is 0 Å². The van der Waals surface area contributed by atoms with Crippen molar-refractivity contribution in [2.75, 3.05) is 19.8 Å². The first-order valence-corrected chi connectivity index (χ1v) is 4.08. The van der Waals surface area contributed by atoms with Gasteiger partial charge in [0.25, 0.3) is 0 Å². The molecule has 1 fully saturated rings. The standard InChI is InChI=1S/C8H15NO3/c1-8(4-12-5-8)6(3-9)2-7(10)11/h6H,2-5,9H2,1H3,(H,10,11). The van der Waals surface area contributed by atoms with E-state index in [1.54, 1.807) is 0 Å². The van der Waals surface area contributed by atoms with Crippen molar-refractivity contribution in [2.45, 2.75) is 13.3 Å². The van der Waals surface area contributed by atoms with Crippen molar-refractivity contribution < 1.29 is 14.6 Å². The SMILES string of the molecule is CC1(C(CN)CC(=O)O)COC1. The van der Waals surface area contributed by atoms with E-state index in [0.29, 0.717) is 19.8 Å². The normalized spacial score (nSPS) is 22.8. The number of hydrogen-bond acceptors (Lipinski definition) is 3. The number of carboxylic acid groups (broad SMARTS) is 1. The maximum absolute atomic E-state index is 10.5. The van der Waals surface area contributed by atoms with Crippen LogP contribution in [0, 0.1) is 11.3 Å². The minimum absolute atomic E-state index is 0.00681. The molecule has 0 spiro atoms. The predicted molar refractivity (Wildman–Crippen MR) is 43.7 cm³/mol. The van der Waals surface area contributed by atoms with Crippen molar-refractivity contribution in [3.63, 3.8) is 0 Å². The molecule has 1 aliphatic rings. The number of rotatable bonds is 4. The lowest BCUT2D eigenvalue weighted by Gasteiger charge is -2.43. The van der Waals surface area contributed by atoms with Gasteiger partial charge in [-0.2, -0.15) is 0 Å². The van der Waals surface area contributed by atoms with Gasteiger partial charge in [0, 0.05) is 5.41 Å². The van der Waals surface area contributed by atoms with E-state index in [1.807, 2.05) is 6.92 Å². The van der Waals surface area contributed by atoms with Crippen LogP contribution in [0.1, 0.15) is 13.3 Å². The molecule has 1 unspecified atom stereocenters. The van der Waals surface area contributed by atoms with Crippen LogP contribution in [0.25, 0.3) is 0 Å². The van der Waals surface area contributed by atoms with Crippen molar-refractivity contribution in [2.24, 2.45) is 17.1 Å². The summed E-state index contributed by atoms with van der Waals surface area (Å²) in [6.07, 6.45) is 0.149. The summed E-state index contributed by atoms with van der Waals surface area (Å²) in [4.78, 5) is 10.5. The quantitative estimate of drug-likeness (QED) is 0.631. The fraction of sp³-hybridized carbons (Fsp3) is 0.875. The van der Waals surface area contributed by atoms with Crippen LogP contribution in [0.2, 0.25) is 0 Å². The topological polar surface area (TPSA) is 72.6 Å². The van der Waals surface area contributed by atoms with Gasteiger partial charge in [-0.3, -0.25) is 4.79 Å². The highest BCUT2D eigenvalue weighted by Gasteiger charge is 2.41. The minimum Gasteiger partial charge on any atom is -0.481 e. The Morgan fingerprint density at radius 2 is 2.33 bits per heavy atom. The van der Waals surface area contributed by atoms with E-state index in [-0.39, 0.29) is 17.8 Å². The van der Waals surface area contributed by atoms with Gasteiger partial charge in [0.2, 0.25) is 0 Å². The zero-order valence-electron chi connectivity index (χ0n) is 7.25. The molecule has 4 nitrogen and oxygen atoms in total. The highest BCUT2D eigenvalue weighted by Crippen LogP contribution is 2.36. The number of carboxylic acids is 1. The lowest BCUT2D eigenvalue weighted by Crippen LogP contribution is -2.49. The molecule has 12 heavy (non-hydrogen) atoms. The summed E-state index contributed by atoms with van der Waals surface area (Å²) in [6, 6.07) is 0. The van der Waals surface area contributed by atoms with Crippen molar-refractivity contribution in [3.05, 3.63) is 0 Å². The van der Waals surface area contributed by atoms with Gasteiger partial charge in [0.1, 0.15) is 0 Å². The molecule has 0 saturated carbocycles. The van der Waals surface area contributed by atoms with E-state index in [2.05, 4.69) is 0 Å². The fourth-order valence-corrected chi connectivity index (χ4v) is 1.48. The number of carbonyl (C=O) groups is 1. The van der Waals surface area contributed by atoms with Crippen LogP contribution in [-0.4, -0.2) is 30.8 Å². The van der Waals surface area contributed by atoms with E-state index in [9.17, 15) is 4.79 Å². The first-order chi connectivity index (χ1) is 5.58. The Labute approximate surface area is 71.7 Å². The molecule has 0 bridgehead atoms. The van der Waals surface area contributed by atoms with Crippen molar-refractivity contribution in [3.8, 4) is 0 Å². The van der Waals surface area contributed by atoms with E-state index in [4.69, 9.17) is 15.6 Å². The molecule has 4 heteroatoms. The average Bonchev–Trinajstić information content (AvgIpc) is 1.95.